The third kappa shape index (κ3) is 4.73. The van der Waals surface area contributed by atoms with Crippen LogP contribution in [0.2, 0.25) is 0 Å². The fourth-order valence-corrected chi connectivity index (χ4v) is 7.98. The number of hydrogen-bond donors (Lipinski definition) is 0. The highest BCUT2D eigenvalue weighted by atomic mass is 16.3. The molecule has 11 rings (SSSR count). The van der Waals surface area contributed by atoms with Gasteiger partial charge in [-0.2, -0.15) is 0 Å². The monoisotopic (exact) mass is 675 g/mol. The van der Waals surface area contributed by atoms with Gasteiger partial charge in [0.2, 0.25) is 0 Å². The molecule has 4 nitrogen and oxygen atoms in total. The zero-order valence-electron chi connectivity index (χ0n) is 28.5. The molecule has 0 radical (unpaired) electrons. The van der Waals surface area contributed by atoms with Crippen LogP contribution in [0.5, 0.6) is 0 Å². The van der Waals surface area contributed by atoms with Crippen LogP contribution >= 0.6 is 0 Å². The van der Waals surface area contributed by atoms with Crippen molar-refractivity contribution < 1.29 is 4.42 Å². The summed E-state index contributed by atoms with van der Waals surface area (Å²) in [6.07, 6.45) is 0. The molecule has 0 amide bonds. The number of furan rings is 1. The summed E-state index contributed by atoms with van der Waals surface area (Å²) in [6.45, 7) is 0. The molecule has 8 aromatic carbocycles. The van der Waals surface area contributed by atoms with Gasteiger partial charge in [-0.3, -0.25) is 0 Å². The molecule has 0 spiro atoms. The van der Waals surface area contributed by atoms with E-state index in [9.17, 15) is 0 Å². The topological polar surface area (TPSA) is 51.8 Å². The fourth-order valence-electron chi connectivity index (χ4n) is 7.98. The standard InChI is InChI=1S/C49H29N3O/c1-3-10-30(11-4-1)31-20-22-32(23-21-31)33-24-26-36(27-25-33)48-50-47(35-12-5-2-6-13-35)51-49(52-48)41-18-9-19-42-44(41)40-29-28-38-37-16-7-14-34-15-8-17-39(43(34)37)45(38)46(40)53-42/h1-29H. The maximum Gasteiger partial charge on any atom is 0.164 e. The fraction of sp³-hybridized carbons (Fsp3) is 0. The molecule has 2 aromatic heterocycles. The Kier molecular flexibility index (Phi) is 6.52. The van der Waals surface area contributed by atoms with Crippen molar-refractivity contribution in [2.24, 2.45) is 0 Å². The SMILES string of the molecule is c1ccc(-c2ccc(-c3ccc(-c4nc(-c5ccccc5)nc(-c5cccc6oc7c8c(ccc7c56)-c5cccc6cccc-8c56)n4)cc3)cc2)cc1. The molecular formula is C49H29N3O. The van der Waals surface area contributed by atoms with Gasteiger partial charge in [0, 0.05) is 33.0 Å². The Balaban J connectivity index is 1.04. The van der Waals surface area contributed by atoms with E-state index in [2.05, 4.69) is 127 Å². The van der Waals surface area contributed by atoms with Gasteiger partial charge in [0.15, 0.2) is 17.5 Å². The first kappa shape index (κ1) is 29.5. The summed E-state index contributed by atoms with van der Waals surface area (Å²) in [5.74, 6) is 1.85. The van der Waals surface area contributed by atoms with Crippen molar-refractivity contribution >= 4 is 32.7 Å². The summed E-state index contributed by atoms with van der Waals surface area (Å²) in [7, 11) is 0. The van der Waals surface area contributed by atoms with Gasteiger partial charge in [-0.15, -0.1) is 0 Å². The van der Waals surface area contributed by atoms with Crippen molar-refractivity contribution in [3.8, 4) is 78.7 Å². The van der Waals surface area contributed by atoms with Gasteiger partial charge in [-0.25, -0.2) is 15.0 Å². The van der Waals surface area contributed by atoms with Crippen LogP contribution in [0.25, 0.3) is 111 Å². The second kappa shape index (κ2) is 11.7. The third-order valence-electron chi connectivity index (χ3n) is 10.5. The highest BCUT2D eigenvalue weighted by Gasteiger charge is 2.27. The first-order valence-electron chi connectivity index (χ1n) is 17.9. The van der Waals surface area contributed by atoms with E-state index in [1.54, 1.807) is 0 Å². The van der Waals surface area contributed by atoms with Gasteiger partial charge in [-0.1, -0.05) is 164 Å². The second-order valence-corrected chi connectivity index (χ2v) is 13.5. The minimum atomic E-state index is 0.605. The average Bonchev–Trinajstić information content (AvgIpc) is 3.78. The van der Waals surface area contributed by atoms with Crippen molar-refractivity contribution in [3.05, 3.63) is 176 Å². The van der Waals surface area contributed by atoms with Gasteiger partial charge in [-0.05, 0) is 61.8 Å². The van der Waals surface area contributed by atoms with E-state index >= 15 is 0 Å². The molecule has 0 fully saturated rings. The van der Waals surface area contributed by atoms with Crippen molar-refractivity contribution in [2.75, 3.05) is 0 Å². The second-order valence-electron chi connectivity index (χ2n) is 13.5. The van der Waals surface area contributed by atoms with Crippen LogP contribution in [-0.4, -0.2) is 15.0 Å². The average molecular weight is 676 g/mol. The first-order valence-corrected chi connectivity index (χ1v) is 17.9. The van der Waals surface area contributed by atoms with Crippen LogP contribution in [0.4, 0.5) is 0 Å². The molecule has 0 N–H and O–H groups in total. The number of benzene rings is 8. The molecule has 0 aliphatic heterocycles. The lowest BCUT2D eigenvalue weighted by molar-refractivity contribution is 0.670. The van der Waals surface area contributed by atoms with Gasteiger partial charge in [0.25, 0.3) is 0 Å². The predicted molar refractivity (Wildman–Crippen MR) is 216 cm³/mol. The summed E-state index contributed by atoms with van der Waals surface area (Å²) in [5.41, 5.74) is 14.0. The zero-order valence-corrected chi connectivity index (χ0v) is 28.5. The maximum absolute atomic E-state index is 6.77. The Hall–Kier alpha value is -7.17. The van der Waals surface area contributed by atoms with E-state index in [0.717, 1.165) is 55.3 Å². The Morgan fingerprint density at radius 1 is 0.321 bits per heavy atom. The molecule has 4 heteroatoms. The number of aromatic nitrogens is 3. The quantitative estimate of drug-likeness (QED) is 0.182. The molecular weight excluding hydrogens is 647 g/mol. The Labute approximate surface area is 305 Å². The summed E-state index contributed by atoms with van der Waals surface area (Å²) < 4.78 is 6.77. The van der Waals surface area contributed by atoms with Crippen LogP contribution < -0.4 is 0 Å². The molecule has 53 heavy (non-hydrogen) atoms. The molecule has 1 aliphatic rings. The largest absolute Gasteiger partial charge is 0.455 e. The Morgan fingerprint density at radius 2 is 0.830 bits per heavy atom. The van der Waals surface area contributed by atoms with Crippen LogP contribution in [0, 0.1) is 0 Å². The van der Waals surface area contributed by atoms with Crippen molar-refractivity contribution in [2.45, 2.75) is 0 Å². The zero-order chi connectivity index (χ0) is 34.9. The van der Waals surface area contributed by atoms with Crippen molar-refractivity contribution in [3.63, 3.8) is 0 Å². The molecule has 0 atom stereocenters. The highest BCUT2D eigenvalue weighted by Crippen LogP contribution is 2.52. The molecule has 246 valence electrons. The Morgan fingerprint density at radius 3 is 1.49 bits per heavy atom. The van der Waals surface area contributed by atoms with Gasteiger partial charge in [0.1, 0.15) is 11.2 Å². The van der Waals surface area contributed by atoms with E-state index in [-0.39, 0.29) is 0 Å². The van der Waals surface area contributed by atoms with E-state index in [4.69, 9.17) is 19.4 Å². The summed E-state index contributed by atoms with van der Waals surface area (Å²) in [4.78, 5) is 15.3. The smallest absolute Gasteiger partial charge is 0.164 e. The first-order chi connectivity index (χ1) is 26.3. The lowest BCUT2D eigenvalue weighted by Gasteiger charge is -2.10. The van der Waals surface area contributed by atoms with Gasteiger partial charge < -0.3 is 4.42 Å². The van der Waals surface area contributed by atoms with E-state index in [0.29, 0.717) is 17.5 Å². The maximum atomic E-state index is 6.77. The normalized spacial score (nSPS) is 11.8. The van der Waals surface area contributed by atoms with E-state index < -0.39 is 0 Å². The van der Waals surface area contributed by atoms with Crippen molar-refractivity contribution in [1.29, 1.82) is 0 Å². The summed E-state index contributed by atoms with van der Waals surface area (Å²) >= 11 is 0. The number of hydrogen-bond acceptors (Lipinski definition) is 4. The summed E-state index contributed by atoms with van der Waals surface area (Å²) in [6, 6.07) is 61.4. The molecule has 10 aromatic rings. The molecule has 0 bridgehead atoms. The molecule has 0 saturated heterocycles. The van der Waals surface area contributed by atoms with Crippen LogP contribution in [0.3, 0.4) is 0 Å². The minimum absolute atomic E-state index is 0.605. The minimum Gasteiger partial charge on any atom is -0.455 e. The van der Waals surface area contributed by atoms with E-state index in [1.165, 1.54) is 38.6 Å². The van der Waals surface area contributed by atoms with Crippen LogP contribution in [0.1, 0.15) is 0 Å². The number of fused-ring (bicyclic) bond motifs is 7. The van der Waals surface area contributed by atoms with Gasteiger partial charge in [0.05, 0.1) is 0 Å². The lowest BCUT2D eigenvalue weighted by atomic mass is 9.99. The predicted octanol–water partition coefficient (Wildman–Crippen LogP) is 12.9. The van der Waals surface area contributed by atoms with Crippen LogP contribution in [-0.2, 0) is 0 Å². The van der Waals surface area contributed by atoms with Gasteiger partial charge >= 0.3 is 0 Å². The van der Waals surface area contributed by atoms with E-state index in [1.807, 2.05) is 48.5 Å². The Bertz CT molecular complexity index is 3020. The van der Waals surface area contributed by atoms with Crippen molar-refractivity contribution in [1.82, 2.24) is 15.0 Å². The van der Waals surface area contributed by atoms with Crippen LogP contribution in [0.15, 0.2) is 180 Å². The molecule has 2 heterocycles. The lowest BCUT2D eigenvalue weighted by Crippen LogP contribution is -2.00. The summed E-state index contributed by atoms with van der Waals surface area (Å²) in [5, 5.41) is 4.56. The highest BCUT2D eigenvalue weighted by molar-refractivity contribution is 6.24. The molecule has 1 aliphatic carbocycles. The molecule has 0 unspecified atom stereocenters. The number of nitrogens with zero attached hydrogens (tertiary/aromatic N) is 3. The molecule has 0 saturated carbocycles. The third-order valence-corrected chi connectivity index (χ3v) is 10.5. The number of rotatable bonds is 5.